The second-order valence-electron chi connectivity index (χ2n) is 5.52. The number of hydrazone groups is 1. The van der Waals surface area contributed by atoms with Crippen LogP contribution in [0.1, 0.15) is 25.0 Å². The van der Waals surface area contributed by atoms with Crippen LogP contribution in [0.4, 0.5) is 5.69 Å². The van der Waals surface area contributed by atoms with E-state index in [-0.39, 0.29) is 5.91 Å². The minimum absolute atomic E-state index is 0.187. The highest BCUT2D eigenvalue weighted by molar-refractivity contribution is 6.39. The monoisotopic (exact) mass is 358 g/mol. The van der Waals surface area contributed by atoms with E-state index in [9.17, 15) is 4.79 Å². The lowest BCUT2D eigenvalue weighted by Gasteiger charge is -2.12. The fourth-order valence-corrected chi connectivity index (χ4v) is 3.03. The van der Waals surface area contributed by atoms with Crippen molar-refractivity contribution in [2.24, 2.45) is 5.10 Å². The maximum absolute atomic E-state index is 12.8. The van der Waals surface area contributed by atoms with E-state index < -0.39 is 0 Å². The lowest BCUT2D eigenvalue weighted by atomic mass is 10.1. The molecule has 0 atom stereocenters. The Morgan fingerprint density at radius 2 is 1.71 bits per heavy atom. The van der Waals surface area contributed by atoms with Crippen LogP contribution in [0.5, 0.6) is 0 Å². The van der Waals surface area contributed by atoms with E-state index in [1.165, 1.54) is 10.6 Å². The Bertz CT molecular complexity index is 834. The van der Waals surface area contributed by atoms with Crippen LogP contribution in [0.2, 0.25) is 10.0 Å². The predicted octanol–water partition coefficient (Wildman–Crippen LogP) is 5.36. The summed E-state index contributed by atoms with van der Waals surface area (Å²) in [6, 6.07) is 13.1. The van der Waals surface area contributed by atoms with Crippen molar-refractivity contribution < 1.29 is 4.79 Å². The average Bonchev–Trinajstić information content (AvgIpc) is 2.86. The van der Waals surface area contributed by atoms with Gasteiger partial charge in [-0.25, -0.2) is 0 Å². The molecule has 0 bridgehead atoms. The Morgan fingerprint density at radius 1 is 1.08 bits per heavy atom. The van der Waals surface area contributed by atoms with Crippen LogP contribution < -0.4 is 5.01 Å². The van der Waals surface area contributed by atoms with E-state index in [0.717, 1.165) is 12.1 Å². The van der Waals surface area contributed by atoms with Gasteiger partial charge in [-0.05, 0) is 49.2 Å². The van der Waals surface area contributed by atoms with Crippen LogP contribution in [0, 0.1) is 0 Å². The van der Waals surface area contributed by atoms with E-state index in [1.54, 1.807) is 31.2 Å². The van der Waals surface area contributed by atoms with Gasteiger partial charge in [0.05, 0.1) is 17.0 Å². The molecular formula is C19H16Cl2N2O. The quantitative estimate of drug-likeness (QED) is 0.679. The van der Waals surface area contributed by atoms with Crippen molar-refractivity contribution >= 4 is 46.6 Å². The second-order valence-corrected chi connectivity index (χ2v) is 6.33. The van der Waals surface area contributed by atoms with E-state index in [1.807, 2.05) is 24.3 Å². The number of benzene rings is 2. The maximum Gasteiger partial charge on any atom is 0.280 e. The van der Waals surface area contributed by atoms with Crippen LogP contribution in [0.15, 0.2) is 53.1 Å². The number of carbonyl (C=O) groups is 1. The van der Waals surface area contributed by atoms with E-state index in [2.05, 4.69) is 12.0 Å². The Labute approximate surface area is 151 Å². The molecule has 0 aromatic heterocycles. The van der Waals surface area contributed by atoms with Crippen molar-refractivity contribution in [1.82, 2.24) is 0 Å². The summed E-state index contributed by atoms with van der Waals surface area (Å²) in [4.78, 5) is 12.8. The third-order valence-electron chi connectivity index (χ3n) is 3.94. The summed E-state index contributed by atoms with van der Waals surface area (Å²) in [6.45, 7) is 3.89. The fraction of sp³-hybridized carbons (Fsp3) is 0.158. The van der Waals surface area contributed by atoms with Gasteiger partial charge in [0.2, 0.25) is 0 Å². The molecule has 24 heavy (non-hydrogen) atoms. The highest BCUT2D eigenvalue weighted by atomic mass is 35.5. The molecule has 5 heteroatoms. The molecule has 3 nitrogen and oxygen atoms in total. The molecule has 0 saturated heterocycles. The average molecular weight is 359 g/mol. The lowest BCUT2D eigenvalue weighted by molar-refractivity contribution is -0.114. The smallest absolute Gasteiger partial charge is 0.267 e. The summed E-state index contributed by atoms with van der Waals surface area (Å²) in [5.74, 6) is -0.187. The molecule has 0 saturated carbocycles. The third-order valence-corrected chi connectivity index (χ3v) is 4.60. The molecule has 3 rings (SSSR count). The van der Waals surface area contributed by atoms with Gasteiger partial charge in [-0.3, -0.25) is 4.79 Å². The molecule has 0 aliphatic carbocycles. The van der Waals surface area contributed by atoms with Crippen molar-refractivity contribution in [2.75, 3.05) is 5.01 Å². The third kappa shape index (κ3) is 3.10. The van der Waals surface area contributed by atoms with E-state index in [0.29, 0.717) is 26.9 Å². The normalized spacial score (nSPS) is 16.0. The van der Waals surface area contributed by atoms with Crippen molar-refractivity contribution in [3.63, 3.8) is 0 Å². The molecule has 0 spiro atoms. The summed E-state index contributed by atoms with van der Waals surface area (Å²) in [7, 11) is 0. The van der Waals surface area contributed by atoms with Crippen molar-refractivity contribution in [3.8, 4) is 0 Å². The highest BCUT2D eigenvalue weighted by Crippen LogP contribution is 2.30. The SMILES string of the molecule is CCc1ccc(N2N=C(C)/C(=C/c3c(Cl)cccc3Cl)C2=O)cc1. The van der Waals surface area contributed by atoms with Gasteiger partial charge in [0.25, 0.3) is 5.91 Å². The first-order valence-corrected chi connectivity index (χ1v) is 8.41. The number of rotatable bonds is 3. The molecule has 1 amide bonds. The number of carbonyl (C=O) groups excluding carboxylic acids is 1. The summed E-state index contributed by atoms with van der Waals surface area (Å²) >= 11 is 12.4. The second kappa shape index (κ2) is 6.80. The largest absolute Gasteiger partial charge is 0.280 e. The van der Waals surface area contributed by atoms with Gasteiger partial charge < -0.3 is 0 Å². The fourth-order valence-electron chi connectivity index (χ4n) is 2.53. The van der Waals surface area contributed by atoms with Crippen LogP contribution >= 0.6 is 23.2 Å². The first-order chi connectivity index (χ1) is 11.5. The van der Waals surface area contributed by atoms with Gasteiger partial charge in [0.15, 0.2) is 0 Å². The van der Waals surface area contributed by atoms with Gasteiger partial charge in [-0.1, -0.05) is 48.3 Å². The first kappa shape index (κ1) is 16.7. The zero-order valence-corrected chi connectivity index (χ0v) is 14.9. The molecule has 1 heterocycles. The Balaban J connectivity index is 1.97. The van der Waals surface area contributed by atoms with Crippen molar-refractivity contribution in [2.45, 2.75) is 20.3 Å². The number of anilines is 1. The zero-order valence-electron chi connectivity index (χ0n) is 13.4. The highest BCUT2D eigenvalue weighted by Gasteiger charge is 2.29. The number of hydrogen-bond donors (Lipinski definition) is 0. The molecule has 1 aliphatic heterocycles. The minimum Gasteiger partial charge on any atom is -0.267 e. The van der Waals surface area contributed by atoms with Crippen molar-refractivity contribution in [1.29, 1.82) is 0 Å². The molecule has 122 valence electrons. The molecule has 0 fully saturated rings. The summed E-state index contributed by atoms with van der Waals surface area (Å²) < 4.78 is 0. The Hall–Kier alpha value is -2.10. The number of aryl methyl sites for hydroxylation is 1. The lowest BCUT2D eigenvalue weighted by Crippen LogP contribution is -2.21. The summed E-state index contributed by atoms with van der Waals surface area (Å²) in [5.41, 5.74) is 3.71. The molecule has 2 aromatic carbocycles. The standard InChI is InChI=1S/C19H16Cl2N2O/c1-3-13-7-9-14(10-8-13)23-19(24)15(12(2)22-23)11-16-17(20)5-4-6-18(16)21/h4-11H,3H2,1-2H3/b15-11-. The zero-order chi connectivity index (χ0) is 17.3. The van der Waals surface area contributed by atoms with Crippen LogP contribution in [-0.2, 0) is 11.2 Å². The van der Waals surface area contributed by atoms with E-state index in [4.69, 9.17) is 23.2 Å². The first-order valence-electron chi connectivity index (χ1n) is 7.66. The van der Waals surface area contributed by atoms with Crippen LogP contribution in [-0.4, -0.2) is 11.6 Å². The number of halogens is 2. The Morgan fingerprint density at radius 3 is 2.29 bits per heavy atom. The topological polar surface area (TPSA) is 32.7 Å². The van der Waals surface area contributed by atoms with Crippen LogP contribution in [0.25, 0.3) is 6.08 Å². The molecule has 0 N–H and O–H groups in total. The molecule has 1 aliphatic rings. The summed E-state index contributed by atoms with van der Waals surface area (Å²) in [6.07, 6.45) is 2.65. The van der Waals surface area contributed by atoms with Gasteiger partial charge in [-0.2, -0.15) is 10.1 Å². The van der Waals surface area contributed by atoms with Crippen molar-refractivity contribution in [3.05, 3.63) is 69.2 Å². The number of nitrogens with zero attached hydrogens (tertiary/aromatic N) is 2. The molecular weight excluding hydrogens is 343 g/mol. The minimum atomic E-state index is -0.187. The van der Waals surface area contributed by atoms with Gasteiger partial charge >= 0.3 is 0 Å². The molecule has 2 aromatic rings. The number of amides is 1. The molecule has 0 radical (unpaired) electrons. The van der Waals surface area contributed by atoms with Crippen LogP contribution in [0.3, 0.4) is 0 Å². The van der Waals surface area contributed by atoms with Gasteiger partial charge in [0.1, 0.15) is 0 Å². The predicted molar refractivity (Wildman–Crippen MR) is 101 cm³/mol. The van der Waals surface area contributed by atoms with Gasteiger partial charge in [0, 0.05) is 15.6 Å². The summed E-state index contributed by atoms with van der Waals surface area (Å²) in [5, 5.41) is 6.79. The maximum atomic E-state index is 12.8. The number of hydrogen-bond acceptors (Lipinski definition) is 2. The molecule has 0 unspecified atom stereocenters. The Kier molecular flexibility index (Phi) is 4.74. The van der Waals surface area contributed by atoms with E-state index >= 15 is 0 Å². The van der Waals surface area contributed by atoms with Gasteiger partial charge in [-0.15, -0.1) is 0 Å².